The van der Waals surface area contributed by atoms with Crippen molar-refractivity contribution in [2.75, 3.05) is 26.4 Å². The quantitative estimate of drug-likeness (QED) is 0.594. The number of fused-ring (bicyclic) bond motifs is 6. The Morgan fingerprint density at radius 3 is 2.39 bits per heavy atom. The lowest BCUT2D eigenvalue weighted by Crippen LogP contribution is -2.60. The average molecular weight is 389 g/mol. The number of carbonyl (C=O) groups excluding carboxylic acids is 1. The van der Waals surface area contributed by atoms with Crippen molar-refractivity contribution in [2.45, 2.75) is 70.4 Å². The second kappa shape index (κ2) is 5.69. The number of ketones is 1. The van der Waals surface area contributed by atoms with E-state index in [9.17, 15) is 4.79 Å². The normalized spacial score (nSPS) is 48.4. The van der Waals surface area contributed by atoms with Gasteiger partial charge in [-0.2, -0.15) is 0 Å². The number of carbonyl (C=O) groups is 1. The maximum Gasteiger partial charge on any atom is 0.201 e. The largest absolute Gasteiger partial charge is 0.348 e. The first-order valence-electron chi connectivity index (χ1n) is 11.2. The van der Waals surface area contributed by atoms with Gasteiger partial charge in [0.25, 0.3) is 0 Å². The molecule has 0 aromatic heterocycles. The monoisotopic (exact) mass is 388 g/mol. The molecule has 0 unspecified atom stereocenters. The molecule has 0 amide bonds. The summed E-state index contributed by atoms with van der Waals surface area (Å²) >= 11 is 0. The summed E-state index contributed by atoms with van der Waals surface area (Å²) in [6, 6.07) is 0. The van der Waals surface area contributed by atoms with E-state index >= 15 is 0 Å². The zero-order valence-electron chi connectivity index (χ0n) is 17.1. The van der Waals surface area contributed by atoms with E-state index in [0.29, 0.717) is 43.2 Å². The number of rotatable bonds is 0. The first-order valence-corrected chi connectivity index (χ1v) is 11.2. The molecule has 0 aromatic carbocycles. The molecule has 3 saturated carbocycles. The van der Waals surface area contributed by atoms with Crippen molar-refractivity contribution in [2.24, 2.45) is 28.6 Å². The third-order valence-electron chi connectivity index (χ3n) is 9.46. The van der Waals surface area contributed by atoms with Gasteiger partial charge in [-0.3, -0.25) is 4.79 Å². The fourth-order valence-corrected chi connectivity index (χ4v) is 7.83. The minimum absolute atomic E-state index is 0.124. The smallest absolute Gasteiger partial charge is 0.201 e. The third kappa shape index (κ3) is 2.04. The van der Waals surface area contributed by atoms with Crippen LogP contribution in [0.2, 0.25) is 0 Å². The first-order chi connectivity index (χ1) is 13.4. The molecular weight excluding hydrogens is 356 g/mol. The first kappa shape index (κ1) is 18.1. The molecule has 2 heterocycles. The van der Waals surface area contributed by atoms with Gasteiger partial charge in [-0.25, -0.2) is 0 Å². The van der Waals surface area contributed by atoms with Crippen LogP contribution >= 0.6 is 0 Å². The molecular formula is C23H32O5. The van der Waals surface area contributed by atoms with Crippen molar-refractivity contribution < 1.29 is 23.7 Å². The zero-order chi connectivity index (χ0) is 19.2. The standard InChI is InChI=1S/C23H32O5/c1-20-7-8-22(25-9-10-26-22)13-15(20)3-4-16-17-5-6-19(24)21(17,2)23(14-18(16)20)27-11-12-28-23/h14-17H,3-13H2,1-2H3/t15-,16+,17+,20+,21+/m0/s1. The highest BCUT2D eigenvalue weighted by Gasteiger charge is 2.69. The summed E-state index contributed by atoms with van der Waals surface area (Å²) in [5, 5.41) is 0. The fourth-order valence-electron chi connectivity index (χ4n) is 7.83. The van der Waals surface area contributed by atoms with Gasteiger partial charge < -0.3 is 18.9 Å². The van der Waals surface area contributed by atoms with Crippen LogP contribution < -0.4 is 0 Å². The SMILES string of the molecule is C[C@@]12CCC3(C[C@@H]1CC[C@H]1C2=CC2(OCCO2)[C@@]2(C)C(=O)CC[C@H]12)OCCO3. The Morgan fingerprint density at radius 1 is 0.929 bits per heavy atom. The predicted octanol–water partition coefficient (Wildman–Crippen LogP) is 3.61. The molecule has 5 atom stereocenters. The van der Waals surface area contributed by atoms with E-state index in [1.807, 2.05) is 0 Å². The van der Waals surface area contributed by atoms with Gasteiger partial charge in [0.1, 0.15) is 5.78 Å². The Bertz CT molecular complexity index is 731. The maximum absolute atomic E-state index is 13.1. The highest BCUT2D eigenvalue weighted by atomic mass is 16.7. The minimum Gasteiger partial charge on any atom is -0.348 e. The van der Waals surface area contributed by atoms with Crippen LogP contribution in [-0.4, -0.2) is 43.8 Å². The van der Waals surface area contributed by atoms with Gasteiger partial charge in [0, 0.05) is 19.3 Å². The van der Waals surface area contributed by atoms with E-state index in [-0.39, 0.29) is 11.2 Å². The van der Waals surface area contributed by atoms with Gasteiger partial charge in [0.2, 0.25) is 5.79 Å². The molecule has 6 rings (SSSR count). The lowest BCUT2D eigenvalue weighted by Gasteiger charge is -2.59. The molecule has 0 bridgehead atoms. The molecule has 4 aliphatic carbocycles. The maximum atomic E-state index is 13.1. The fraction of sp³-hybridized carbons (Fsp3) is 0.870. The molecule has 28 heavy (non-hydrogen) atoms. The van der Waals surface area contributed by atoms with Crippen LogP contribution in [0, 0.1) is 28.6 Å². The average Bonchev–Trinajstić information content (AvgIpc) is 3.40. The van der Waals surface area contributed by atoms with Crippen LogP contribution in [0.5, 0.6) is 0 Å². The van der Waals surface area contributed by atoms with E-state index in [0.717, 1.165) is 45.3 Å². The molecule has 2 saturated heterocycles. The highest BCUT2D eigenvalue weighted by molar-refractivity contribution is 5.89. The van der Waals surface area contributed by atoms with Crippen LogP contribution in [0.25, 0.3) is 0 Å². The summed E-state index contributed by atoms with van der Waals surface area (Å²) in [7, 11) is 0. The number of allylic oxidation sites excluding steroid dienone is 1. The number of Topliss-reactive ketones (excluding diaryl/α,β-unsaturated/α-hetero) is 1. The topological polar surface area (TPSA) is 54.0 Å². The Labute approximate surface area is 167 Å². The molecule has 154 valence electrons. The lowest BCUT2D eigenvalue weighted by molar-refractivity contribution is -0.227. The zero-order valence-corrected chi connectivity index (χ0v) is 17.1. The van der Waals surface area contributed by atoms with Crippen LogP contribution in [0.4, 0.5) is 0 Å². The van der Waals surface area contributed by atoms with Gasteiger partial charge in [0.15, 0.2) is 5.79 Å². The van der Waals surface area contributed by atoms with Crippen LogP contribution in [0.3, 0.4) is 0 Å². The van der Waals surface area contributed by atoms with Gasteiger partial charge in [-0.1, -0.05) is 12.5 Å². The van der Waals surface area contributed by atoms with Crippen LogP contribution in [0.1, 0.15) is 58.8 Å². The van der Waals surface area contributed by atoms with E-state index in [2.05, 4.69) is 19.9 Å². The molecule has 5 heteroatoms. The molecule has 2 spiro atoms. The molecule has 5 fully saturated rings. The second-order valence-corrected chi connectivity index (χ2v) is 10.3. The number of hydrogen-bond donors (Lipinski definition) is 0. The minimum atomic E-state index is -0.850. The summed E-state index contributed by atoms with van der Waals surface area (Å²) < 4.78 is 24.7. The van der Waals surface area contributed by atoms with Crippen molar-refractivity contribution in [1.82, 2.24) is 0 Å². The molecule has 0 radical (unpaired) electrons. The Morgan fingerprint density at radius 2 is 1.64 bits per heavy atom. The van der Waals surface area contributed by atoms with E-state index in [4.69, 9.17) is 18.9 Å². The van der Waals surface area contributed by atoms with E-state index in [1.165, 1.54) is 12.0 Å². The number of hydrogen-bond acceptors (Lipinski definition) is 5. The lowest BCUT2D eigenvalue weighted by atomic mass is 9.48. The molecule has 0 aromatic rings. The van der Waals surface area contributed by atoms with Gasteiger partial charge in [-0.05, 0) is 61.9 Å². The molecule has 0 N–H and O–H groups in total. The van der Waals surface area contributed by atoms with Crippen LogP contribution in [0.15, 0.2) is 11.6 Å². The Balaban J connectivity index is 1.43. The summed E-state index contributed by atoms with van der Waals surface area (Å²) in [4.78, 5) is 13.1. The summed E-state index contributed by atoms with van der Waals surface area (Å²) in [5.41, 5.74) is 1.10. The van der Waals surface area contributed by atoms with Crippen molar-refractivity contribution >= 4 is 5.78 Å². The van der Waals surface area contributed by atoms with Crippen molar-refractivity contribution in [1.29, 1.82) is 0 Å². The second-order valence-electron chi connectivity index (χ2n) is 10.3. The summed E-state index contributed by atoms with van der Waals surface area (Å²) in [6.45, 7) is 7.17. The predicted molar refractivity (Wildman–Crippen MR) is 101 cm³/mol. The molecule has 2 aliphatic heterocycles. The highest BCUT2D eigenvalue weighted by Crippen LogP contribution is 2.67. The molecule has 6 aliphatic rings. The van der Waals surface area contributed by atoms with Gasteiger partial charge in [-0.15, -0.1) is 0 Å². The van der Waals surface area contributed by atoms with E-state index in [1.54, 1.807) is 0 Å². The Kier molecular flexibility index (Phi) is 3.67. The molecule has 5 nitrogen and oxygen atoms in total. The Hall–Kier alpha value is -0.750. The van der Waals surface area contributed by atoms with Gasteiger partial charge in [0.05, 0.1) is 31.8 Å². The van der Waals surface area contributed by atoms with Crippen molar-refractivity contribution in [3.8, 4) is 0 Å². The van der Waals surface area contributed by atoms with Gasteiger partial charge >= 0.3 is 0 Å². The number of ether oxygens (including phenoxy) is 4. The van der Waals surface area contributed by atoms with E-state index < -0.39 is 11.2 Å². The van der Waals surface area contributed by atoms with Crippen molar-refractivity contribution in [3.05, 3.63) is 11.6 Å². The van der Waals surface area contributed by atoms with Crippen LogP contribution in [-0.2, 0) is 23.7 Å². The van der Waals surface area contributed by atoms with Crippen molar-refractivity contribution in [3.63, 3.8) is 0 Å². The third-order valence-corrected chi connectivity index (χ3v) is 9.46. The summed E-state index contributed by atoms with van der Waals surface area (Å²) in [6.07, 6.45) is 9.30. The summed E-state index contributed by atoms with van der Waals surface area (Å²) in [5.74, 6) is 0.514.